The molecule has 244 valence electrons. The fraction of sp³-hybridized carbons (Fsp3) is 0.469. The number of halogens is 3. The maximum Gasteiger partial charge on any atom is 0.251 e. The van der Waals surface area contributed by atoms with Crippen LogP contribution >= 0.6 is 0 Å². The van der Waals surface area contributed by atoms with Crippen LogP contribution in [-0.2, 0) is 10.0 Å². The fourth-order valence-electron chi connectivity index (χ4n) is 6.52. The molecule has 3 fully saturated rings. The van der Waals surface area contributed by atoms with Gasteiger partial charge in [0.05, 0.1) is 35.4 Å². The van der Waals surface area contributed by atoms with Crippen molar-refractivity contribution in [1.82, 2.24) is 20.0 Å². The lowest BCUT2D eigenvalue weighted by Crippen LogP contribution is -2.40. The Morgan fingerprint density at radius 3 is 2.39 bits per heavy atom. The van der Waals surface area contributed by atoms with E-state index in [1.54, 1.807) is 58.4 Å². The topological polar surface area (TPSA) is 116 Å². The van der Waals surface area contributed by atoms with Gasteiger partial charge in [0.1, 0.15) is 16.6 Å². The molecular weight excluding hydrogens is 619 g/mol. The van der Waals surface area contributed by atoms with E-state index in [2.05, 4.69) is 24.9 Å². The molecule has 7 rings (SSSR count). The van der Waals surface area contributed by atoms with Gasteiger partial charge in [0, 0.05) is 56.2 Å². The van der Waals surface area contributed by atoms with E-state index >= 15 is 4.39 Å². The van der Waals surface area contributed by atoms with Gasteiger partial charge in [-0.05, 0) is 68.4 Å². The van der Waals surface area contributed by atoms with E-state index in [4.69, 9.17) is 0 Å². The van der Waals surface area contributed by atoms with Gasteiger partial charge in [0.25, 0.3) is 5.92 Å². The van der Waals surface area contributed by atoms with E-state index in [1.807, 2.05) is 0 Å². The molecule has 2 aromatic carbocycles. The van der Waals surface area contributed by atoms with Crippen molar-refractivity contribution in [3.05, 3.63) is 54.6 Å². The molecule has 2 aromatic heterocycles. The molecule has 1 saturated carbocycles. The summed E-state index contributed by atoms with van der Waals surface area (Å²) in [7, 11) is -3.82. The number of aliphatic hydroxyl groups excluding tert-OH is 1. The number of fused-ring (bicyclic) bond motifs is 1. The number of piperidine rings is 2. The van der Waals surface area contributed by atoms with Crippen molar-refractivity contribution in [2.24, 2.45) is 5.41 Å². The highest BCUT2D eigenvalue weighted by molar-refractivity contribution is 7.93. The first-order chi connectivity index (χ1) is 22.0. The largest absolute Gasteiger partial charge is 0.395 e. The standard InChI is InChI=1S/C32H36F3N7O3S/c1-21(20-43)46(44,45)38-23-4-5-26(27(18-23)40-13-8-31(6-7-31)9-14-40)42-19-25(37-39-42)24-17-22-3-2-12-36-29(22)30(28(24)33)41-15-10-32(34,35)11-16-41/h2-5,12,17-19,21,38,43H,6-11,13-16,20H2,1H3/t21-/m1/s1. The molecule has 0 amide bonds. The van der Waals surface area contributed by atoms with E-state index in [9.17, 15) is 22.3 Å². The van der Waals surface area contributed by atoms with E-state index in [1.165, 1.54) is 19.8 Å². The van der Waals surface area contributed by atoms with Gasteiger partial charge in [-0.15, -0.1) is 5.10 Å². The molecule has 0 bridgehead atoms. The molecule has 2 N–H and O–H groups in total. The van der Waals surface area contributed by atoms with Crippen LogP contribution < -0.4 is 14.5 Å². The quantitative estimate of drug-likeness (QED) is 0.261. The number of alkyl halides is 2. The summed E-state index contributed by atoms with van der Waals surface area (Å²) in [6.45, 7) is 2.51. The number of aliphatic hydroxyl groups is 1. The lowest BCUT2D eigenvalue weighted by molar-refractivity contribution is -0.0221. The Balaban J connectivity index is 1.27. The summed E-state index contributed by atoms with van der Waals surface area (Å²) in [5, 5.41) is 17.8. The summed E-state index contributed by atoms with van der Waals surface area (Å²) in [5.41, 5.74) is 3.18. The molecule has 14 heteroatoms. The average Bonchev–Trinajstić information content (AvgIpc) is 3.61. The lowest BCUT2D eigenvalue weighted by atomic mass is 9.93. The van der Waals surface area contributed by atoms with E-state index in [0.717, 1.165) is 31.6 Å². The molecule has 0 radical (unpaired) electrons. The smallest absolute Gasteiger partial charge is 0.251 e. The third kappa shape index (κ3) is 5.76. The second-order valence-corrected chi connectivity index (χ2v) is 15.0. The van der Waals surface area contributed by atoms with Crippen LogP contribution in [0.25, 0.3) is 27.8 Å². The maximum atomic E-state index is 16.4. The summed E-state index contributed by atoms with van der Waals surface area (Å²) in [4.78, 5) is 8.23. The predicted octanol–water partition coefficient (Wildman–Crippen LogP) is 5.36. The number of benzene rings is 2. The second kappa shape index (κ2) is 11.4. The van der Waals surface area contributed by atoms with E-state index in [-0.39, 0.29) is 42.9 Å². The zero-order valence-electron chi connectivity index (χ0n) is 25.5. The van der Waals surface area contributed by atoms with Gasteiger partial charge >= 0.3 is 0 Å². The molecule has 46 heavy (non-hydrogen) atoms. The van der Waals surface area contributed by atoms with Gasteiger partial charge in [-0.1, -0.05) is 11.3 Å². The van der Waals surface area contributed by atoms with Gasteiger partial charge < -0.3 is 14.9 Å². The zero-order valence-corrected chi connectivity index (χ0v) is 26.3. The Kier molecular flexibility index (Phi) is 7.62. The molecular formula is C32H36F3N7O3S. The van der Waals surface area contributed by atoms with Gasteiger partial charge in [0.2, 0.25) is 10.0 Å². The van der Waals surface area contributed by atoms with Crippen LogP contribution in [0.15, 0.2) is 48.8 Å². The van der Waals surface area contributed by atoms with Crippen molar-refractivity contribution < 1.29 is 26.7 Å². The first-order valence-electron chi connectivity index (χ1n) is 15.6. The molecule has 2 saturated heterocycles. The van der Waals surface area contributed by atoms with Crippen LogP contribution in [0.3, 0.4) is 0 Å². The average molecular weight is 656 g/mol. The SMILES string of the molecule is C[C@H](CO)S(=O)(=O)Nc1ccc(-n2cc(-c3cc4cccnc4c(N4CCC(F)(F)CC4)c3F)nn2)c(N2CCC3(CC2)CC3)c1. The Morgan fingerprint density at radius 1 is 0.978 bits per heavy atom. The number of aromatic nitrogens is 4. The summed E-state index contributed by atoms with van der Waals surface area (Å²) in [5.74, 6) is -3.38. The fourth-order valence-corrected chi connectivity index (χ4v) is 7.37. The Labute approximate surface area is 265 Å². The third-order valence-corrected chi connectivity index (χ3v) is 11.5. The Hall–Kier alpha value is -3.91. The summed E-state index contributed by atoms with van der Waals surface area (Å²) < 4.78 is 74.0. The number of hydrogen-bond donors (Lipinski definition) is 2. The number of nitrogens with one attached hydrogen (secondary N) is 1. The molecule has 0 unspecified atom stereocenters. The van der Waals surface area contributed by atoms with Gasteiger partial charge in [0.15, 0.2) is 5.82 Å². The first-order valence-corrected chi connectivity index (χ1v) is 17.2. The number of hydrogen-bond acceptors (Lipinski definition) is 8. The van der Waals surface area contributed by atoms with Crippen molar-refractivity contribution in [1.29, 1.82) is 0 Å². The molecule has 3 aliphatic rings. The predicted molar refractivity (Wildman–Crippen MR) is 171 cm³/mol. The molecule has 2 aliphatic heterocycles. The van der Waals surface area contributed by atoms with Crippen LogP contribution in [0.1, 0.15) is 45.4 Å². The molecule has 4 aromatic rings. The number of pyridine rings is 1. The minimum absolute atomic E-state index is 0.000590. The van der Waals surface area contributed by atoms with E-state index < -0.39 is 33.6 Å². The van der Waals surface area contributed by atoms with Gasteiger partial charge in [-0.25, -0.2) is 26.3 Å². The van der Waals surface area contributed by atoms with Crippen LogP contribution in [0, 0.1) is 11.2 Å². The minimum atomic E-state index is -3.82. The number of anilines is 3. The van der Waals surface area contributed by atoms with Crippen LogP contribution in [0.5, 0.6) is 0 Å². The third-order valence-electron chi connectivity index (χ3n) is 9.78. The zero-order chi connectivity index (χ0) is 32.3. The van der Waals surface area contributed by atoms with Crippen molar-refractivity contribution in [3.63, 3.8) is 0 Å². The van der Waals surface area contributed by atoms with Crippen molar-refractivity contribution in [2.45, 2.75) is 56.6 Å². The van der Waals surface area contributed by atoms with Crippen molar-refractivity contribution in [2.75, 3.05) is 47.3 Å². The van der Waals surface area contributed by atoms with Crippen molar-refractivity contribution >= 4 is 38.0 Å². The molecule has 10 nitrogen and oxygen atoms in total. The highest BCUT2D eigenvalue weighted by atomic mass is 32.2. The first kappa shape index (κ1) is 30.7. The highest BCUT2D eigenvalue weighted by Crippen LogP contribution is 2.54. The van der Waals surface area contributed by atoms with Gasteiger partial charge in [-0.3, -0.25) is 9.71 Å². The lowest BCUT2D eigenvalue weighted by Gasteiger charge is -2.35. The number of sulfonamides is 1. The number of rotatable bonds is 8. The molecule has 4 heterocycles. The molecule has 1 aliphatic carbocycles. The molecule has 1 spiro atoms. The van der Waals surface area contributed by atoms with Crippen LogP contribution in [-0.4, -0.2) is 77.5 Å². The second-order valence-electron chi connectivity index (χ2n) is 12.9. The molecule has 1 atom stereocenters. The van der Waals surface area contributed by atoms with Crippen molar-refractivity contribution in [3.8, 4) is 16.9 Å². The normalized spacial score (nSPS) is 19.8. The van der Waals surface area contributed by atoms with Gasteiger partial charge in [-0.2, -0.15) is 0 Å². The Bertz CT molecular complexity index is 1880. The number of nitrogens with zero attached hydrogens (tertiary/aromatic N) is 6. The summed E-state index contributed by atoms with van der Waals surface area (Å²) in [6.07, 6.45) is 6.97. The Morgan fingerprint density at radius 2 is 1.70 bits per heavy atom. The highest BCUT2D eigenvalue weighted by Gasteiger charge is 2.44. The maximum absolute atomic E-state index is 16.4. The van der Waals surface area contributed by atoms with Crippen LogP contribution in [0.4, 0.5) is 30.2 Å². The minimum Gasteiger partial charge on any atom is -0.395 e. The van der Waals surface area contributed by atoms with Crippen LogP contribution in [0.2, 0.25) is 0 Å². The summed E-state index contributed by atoms with van der Waals surface area (Å²) >= 11 is 0. The monoisotopic (exact) mass is 655 g/mol. The van der Waals surface area contributed by atoms with E-state index in [0.29, 0.717) is 27.7 Å². The summed E-state index contributed by atoms with van der Waals surface area (Å²) in [6, 6.07) is 10.3.